The molecule has 86 valence electrons. The second-order valence-corrected chi connectivity index (χ2v) is 4.68. The number of rotatable bonds is 2. The van der Waals surface area contributed by atoms with Crippen molar-refractivity contribution in [3.63, 3.8) is 0 Å². The van der Waals surface area contributed by atoms with E-state index in [0.717, 1.165) is 35.3 Å². The molecule has 1 fully saturated rings. The van der Waals surface area contributed by atoms with Gasteiger partial charge in [0.1, 0.15) is 5.75 Å². The van der Waals surface area contributed by atoms with Gasteiger partial charge in [0.05, 0.1) is 11.6 Å². The van der Waals surface area contributed by atoms with Crippen molar-refractivity contribution < 1.29 is 9.53 Å². The van der Waals surface area contributed by atoms with Crippen molar-refractivity contribution >= 4 is 27.5 Å². The minimum Gasteiger partial charge on any atom is -0.495 e. The number of ether oxygens (including phenoxy) is 1. The Morgan fingerprint density at radius 1 is 1.38 bits per heavy atom. The van der Waals surface area contributed by atoms with Gasteiger partial charge in [-0.25, -0.2) is 0 Å². The Hall–Kier alpha value is -1.03. The normalized spacial score (nSPS) is 16.4. The summed E-state index contributed by atoms with van der Waals surface area (Å²) in [6.07, 6.45) is 2.73. The van der Waals surface area contributed by atoms with Gasteiger partial charge in [0.2, 0.25) is 5.91 Å². The molecule has 0 N–H and O–H groups in total. The van der Waals surface area contributed by atoms with E-state index in [4.69, 9.17) is 4.74 Å². The minimum atomic E-state index is 0.204. The maximum atomic E-state index is 11.8. The molecule has 0 spiro atoms. The number of piperidine rings is 1. The molecule has 0 aliphatic carbocycles. The Morgan fingerprint density at radius 3 is 2.88 bits per heavy atom. The topological polar surface area (TPSA) is 29.5 Å². The molecule has 1 heterocycles. The highest BCUT2D eigenvalue weighted by molar-refractivity contribution is 9.10. The predicted octanol–water partition coefficient (Wildman–Crippen LogP) is 2.97. The number of methoxy groups -OCH3 is 1. The summed E-state index contributed by atoms with van der Waals surface area (Å²) >= 11 is 3.40. The summed E-state index contributed by atoms with van der Waals surface area (Å²) in [7, 11) is 1.63. The van der Waals surface area contributed by atoms with Gasteiger partial charge in [-0.05, 0) is 40.9 Å². The summed E-state index contributed by atoms with van der Waals surface area (Å²) in [6.45, 7) is 0.809. The van der Waals surface area contributed by atoms with Crippen molar-refractivity contribution in [2.24, 2.45) is 0 Å². The summed E-state index contributed by atoms with van der Waals surface area (Å²) in [5, 5.41) is 0. The molecule has 0 aromatic heterocycles. The Balaban J connectivity index is 2.29. The number of carbonyl (C=O) groups is 1. The highest BCUT2D eigenvalue weighted by atomic mass is 79.9. The number of hydrogen-bond donors (Lipinski definition) is 0. The summed E-state index contributed by atoms with van der Waals surface area (Å²) in [4.78, 5) is 13.6. The van der Waals surface area contributed by atoms with Crippen LogP contribution in [0.5, 0.6) is 5.75 Å². The van der Waals surface area contributed by atoms with Crippen LogP contribution >= 0.6 is 15.9 Å². The lowest BCUT2D eigenvalue weighted by atomic mass is 10.1. The predicted molar refractivity (Wildman–Crippen MR) is 66.9 cm³/mol. The SMILES string of the molecule is COc1cc(N2CCCCC2=O)ccc1Br. The lowest BCUT2D eigenvalue weighted by molar-refractivity contribution is -0.119. The number of benzene rings is 1. The summed E-state index contributed by atoms with van der Waals surface area (Å²) in [5.74, 6) is 0.964. The molecule has 2 rings (SSSR count). The van der Waals surface area contributed by atoms with E-state index in [1.807, 2.05) is 23.1 Å². The zero-order chi connectivity index (χ0) is 11.5. The fourth-order valence-electron chi connectivity index (χ4n) is 1.90. The maximum Gasteiger partial charge on any atom is 0.226 e. The molecule has 1 aliphatic heterocycles. The van der Waals surface area contributed by atoms with Crippen LogP contribution < -0.4 is 9.64 Å². The third-order valence-corrected chi connectivity index (χ3v) is 3.42. The van der Waals surface area contributed by atoms with Gasteiger partial charge in [-0.15, -0.1) is 0 Å². The number of carbonyl (C=O) groups excluding carboxylic acids is 1. The third-order valence-electron chi connectivity index (χ3n) is 2.77. The first-order valence-corrected chi connectivity index (χ1v) is 6.15. The van der Waals surface area contributed by atoms with E-state index >= 15 is 0 Å². The average Bonchev–Trinajstić information content (AvgIpc) is 2.31. The van der Waals surface area contributed by atoms with Crippen molar-refractivity contribution in [3.8, 4) is 5.75 Å². The summed E-state index contributed by atoms with van der Waals surface area (Å²) < 4.78 is 6.13. The zero-order valence-electron chi connectivity index (χ0n) is 9.20. The number of nitrogens with zero attached hydrogens (tertiary/aromatic N) is 1. The van der Waals surface area contributed by atoms with Crippen molar-refractivity contribution in [1.29, 1.82) is 0 Å². The van der Waals surface area contributed by atoms with Crippen LogP contribution in [0.2, 0.25) is 0 Å². The first-order chi connectivity index (χ1) is 7.72. The van der Waals surface area contributed by atoms with Gasteiger partial charge in [-0.2, -0.15) is 0 Å². The molecular formula is C12H14BrNO2. The number of hydrogen-bond acceptors (Lipinski definition) is 2. The number of halogens is 1. The van der Waals surface area contributed by atoms with E-state index in [1.54, 1.807) is 7.11 Å². The van der Waals surface area contributed by atoms with E-state index in [0.29, 0.717) is 6.42 Å². The van der Waals surface area contributed by atoms with E-state index in [-0.39, 0.29) is 5.91 Å². The van der Waals surface area contributed by atoms with Gasteiger partial charge in [0.15, 0.2) is 0 Å². The van der Waals surface area contributed by atoms with Crippen LogP contribution in [0.1, 0.15) is 19.3 Å². The lowest BCUT2D eigenvalue weighted by Crippen LogP contribution is -2.35. The molecule has 0 saturated carbocycles. The van der Waals surface area contributed by atoms with Gasteiger partial charge in [0, 0.05) is 24.7 Å². The largest absolute Gasteiger partial charge is 0.495 e. The molecule has 0 bridgehead atoms. The molecule has 1 aromatic rings. The van der Waals surface area contributed by atoms with Crippen molar-refractivity contribution in [2.75, 3.05) is 18.6 Å². The Bertz CT molecular complexity index is 406. The first-order valence-electron chi connectivity index (χ1n) is 5.36. The fraction of sp³-hybridized carbons (Fsp3) is 0.417. The first kappa shape index (κ1) is 11.5. The van der Waals surface area contributed by atoms with Crippen LogP contribution in [0.4, 0.5) is 5.69 Å². The van der Waals surface area contributed by atoms with Gasteiger partial charge < -0.3 is 9.64 Å². The van der Waals surface area contributed by atoms with Crippen LogP contribution in [0.3, 0.4) is 0 Å². The van der Waals surface area contributed by atoms with Crippen molar-refractivity contribution in [1.82, 2.24) is 0 Å². The summed E-state index contributed by atoms with van der Waals surface area (Å²) in [6, 6.07) is 5.75. The molecule has 0 unspecified atom stereocenters. The second kappa shape index (κ2) is 4.87. The van der Waals surface area contributed by atoms with Gasteiger partial charge in [0.25, 0.3) is 0 Å². The molecular weight excluding hydrogens is 270 g/mol. The molecule has 1 aliphatic rings. The van der Waals surface area contributed by atoms with Crippen LogP contribution in [-0.4, -0.2) is 19.6 Å². The van der Waals surface area contributed by atoms with Crippen LogP contribution in [0, 0.1) is 0 Å². The van der Waals surface area contributed by atoms with E-state index in [9.17, 15) is 4.79 Å². The average molecular weight is 284 g/mol. The number of anilines is 1. The molecule has 16 heavy (non-hydrogen) atoms. The zero-order valence-corrected chi connectivity index (χ0v) is 10.8. The monoisotopic (exact) mass is 283 g/mol. The quantitative estimate of drug-likeness (QED) is 0.835. The molecule has 1 amide bonds. The van der Waals surface area contributed by atoms with E-state index < -0.39 is 0 Å². The molecule has 1 aromatic carbocycles. The van der Waals surface area contributed by atoms with Crippen LogP contribution in [0.25, 0.3) is 0 Å². The molecule has 0 radical (unpaired) electrons. The molecule has 0 atom stereocenters. The highest BCUT2D eigenvalue weighted by Crippen LogP contribution is 2.31. The Morgan fingerprint density at radius 2 is 2.19 bits per heavy atom. The van der Waals surface area contributed by atoms with Crippen LogP contribution in [0.15, 0.2) is 22.7 Å². The fourth-order valence-corrected chi connectivity index (χ4v) is 2.30. The standard InChI is InChI=1S/C12H14BrNO2/c1-16-11-8-9(5-6-10(11)13)14-7-3-2-4-12(14)15/h5-6,8H,2-4,7H2,1H3. The van der Waals surface area contributed by atoms with Crippen molar-refractivity contribution in [3.05, 3.63) is 22.7 Å². The van der Waals surface area contributed by atoms with Crippen LogP contribution in [-0.2, 0) is 4.79 Å². The Kier molecular flexibility index (Phi) is 3.49. The molecule has 3 nitrogen and oxygen atoms in total. The second-order valence-electron chi connectivity index (χ2n) is 3.82. The number of amides is 1. The van der Waals surface area contributed by atoms with Gasteiger partial charge in [-0.1, -0.05) is 0 Å². The minimum absolute atomic E-state index is 0.204. The van der Waals surface area contributed by atoms with Gasteiger partial charge >= 0.3 is 0 Å². The smallest absolute Gasteiger partial charge is 0.226 e. The van der Waals surface area contributed by atoms with Gasteiger partial charge in [-0.3, -0.25) is 4.79 Å². The molecule has 1 saturated heterocycles. The van der Waals surface area contributed by atoms with E-state index in [1.165, 1.54) is 0 Å². The maximum absolute atomic E-state index is 11.8. The summed E-state index contributed by atoms with van der Waals surface area (Å²) in [5.41, 5.74) is 0.921. The van der Waals surface area contributed by atoms with Crippen molar-refractivity contribution in [2.45, 2.75) is 19.3 Å². The Labute approximate surface area is 104 Å². The third kappa shape index (κ3) is 2.21. The molecule has 4 heteroatoms. The highest BCUT2D eigenvalue weighted by Gasteiger charge is 2.20. The van der Waals surface area contributed by atoms with E-state index in [2.05, 4.69) is 15.9 Å². The lowest BCUT2D eigenvalue weighted by Gasteiger charge is -2.27.